The molecule has 0 saturated carbocycles. The molecule has 8 heteroatoms. The Morgan fingerprint density at radius 3 is 3.04 bits per heavy atom. The number of aryl methyl sites for hydroxylation is 1. The predicted molar refractivity (Wildman–Crippen MR) is 103 cm³/mol. The van der Waals surface area contributed by atoms with Gasteiger partial charge in [-0.25, -0.2) is 23.3 Å². The topological polar surface area (TPSA) is 52.3 Å². The van der Waals surface area contributed by atoms with Crippen LogP contribution in [-0.4, -0.2) is 19.6 Å². The van der Waals surface area contributed by atoms with Gasteiger partial charge in [-0.2, -0.15) is 0 Å². The second kappa shape index (κ2) is 6.77. The van der Waals surface area contributed by atoms with Crippen LogP contribution in [-0.2, 0) is 19.4 Å². The van der Waals surface area contributed by atoms with E-state index in [0.29, 0.717) is 5.82 Å². The molecular weight excluding hydrogens is 382 g/mol. The molecule has 0 spiro atoms. The monoisotopic (exact) mass is 400 g/mol. The van der Waals surface area contributed by atoms with Gasteiger partial charge < -0.3 is 4.74 Å². The Bertz CT molecular complexity index is 1190. The van der Waals surface area contributed by atoms with Crippen molar-refractivity contribution in [1.29, 1.82) is 0 Å². The summed E-state index contributed by atoms with van der Waals surface area (Å²) >= 11 is 1.75. The van der Waals surface area contributed by atoms with Crippen molar-refractivity contribution in [2.45, 2.75) is 39.2 Å². The fraction of sp³-hybridized carbons (Fsp3) is 0.350. The summed E-state index contributed by atoms with van der Waals surface area (Å²) < 4.78 is 33.9. The second-order valence-corrected chi connectivity index (χ2v) is 8.19. The normalized spacial score (nSPS) is 16.6. The van der Waals surface area contributed by atoms with Crippen molar-refractivity contribution in [3.8, 4) is 5.75 Å². The molecule has 0 amide bonds. The third-order valence-corrected chi connectivity index (χ3v) is 6.52. The molecule has 0 bridgehead atoms. The molecule has 5 rings (SSSR count). The summed E-state index contributed by atoms with van der Waals surface area (Å²) in [4.78, 5) is 11.6. The number of benzene rings is 1. The highest BCUT2D eigenvalue weighted by molar-refractivity contribution is 7.19. The molecule has 0 radical (unpaired) electrons. The first-order chi connectivity index (χ1) is 13.6. The van der Waals surface area contributed by atoms with E-state index in [1.807, 2.05) is 0 Å². The average molecular weight is 400 g/mol. The largest absolute Gasteiger partial charge is 0.482 e. The molecule has 1 atom stereocenters. The molecule has 0 N–H and O–H groups in total. The Morgan fingerprint density at radius 1 is 1.32 bits per heavy atom. The standard InChI is InChI=1S/C20H18F2N4OS/c1-2-11-3-5-13-16(7-11)28-20-18(13)19-24-17(25-26(19)10-23-20)9-27-15-6-4-12(21)8-14(15)22/h4,6,8,10-11H,2-3,5,7,9H2,1H3. The maximum absolute atomic E-state index is 13.8. The zero-order valence-corrected chi connectivity index (χ0v) is 16.1. The van der Waals surface area contributed by atoms with E-state index in [1.165, 1.54) is 29.3 Å². The molecule has 144 valence electrons. The lowest BCUT2D eigenvalue weighted by Crippen LogP contribution is -2.11. The number of rotatable bonds is 4. The van der Waals surface area contributed by atoms with Crippen molar-refractivity contribution in [3.05, 3.63) is 52.4 Å². The Kier molecular flexibility index (Phi) is 4.23. The molecule has 1 aliphatic carbocycles. The number of thiophene rings is 1. The SMILES string of the molecule is CCC1CCc2c(sc3ncn4nc(COc5ccc(F)cc5F)nc4c23)C1. The highest BCUT2D eigenvalue weighted by Crippen LogP contribution is 2.39. The van der Waals surface area contributed by atoms with Crippen molar-refractivity contribution in [1.82, 2.24) is 19.6 Å². The van der Waals surface area contributed by atoms with Crippen molar-refractivity contribution in [2.24, 2.45) is 5.92 Å². The zero-order chi connectivity index (χ0) is 19.3. The summed E-state index contributed by atoms with van der Waals surface area (Å²) in [6.45, 7) is 2.24. The fourth-order valence-electron chi connectivity index (χ4n) is 3.83. The van der Waals surface area contributed by atoms with E-state index in [-0.39, 0.29) is 12.4 Å². The summed E-state index contributed by atoms with van der Waals surface area (Å²) in [5.74, 6) is -0.242. The summed E-state index contributed by atoms with van der Waals surface area (Å²) in [6.07, 6.45) is 6.18. The van der Waals surface area contributed by atoms with E-state index in [1.54, 1.807) is 22.2 Å². The number of ether oxygens (including phenoxy) is 1. The first-order valence-electron chi connectivity index (χ1n) is 9.34. The summed E-state index contributed by atoms with van der Waals surface area (Å²) in [5, 5.41) is 5.48. The van der Waals surface area contributed by atoms with Crippen LogP contribution in [0.1, 0.15) is 36.0 Å². The third-order valence-electron chi connectivity index (χ3n) is 5.36. The van der Waals surface area contributed by atoms with Crippen LogP contribution in [0.15, 0.2) is 24.5 Å². The smallest absolute Gasteiger partial charge is 0.189 e. The van der Waals surface area contributed by atoms with Crippen LogP contribution in [0.5, 0.6) is 5.75 Å². The van der Waals surface area contributed by atoms with E-state index in [9.17, 15) is 8.78 Å². The highest BCUT2D eigenvalue weighted by atomic mass is 32.1. The Labute approximate surface area is 164 Å². The van der Waals surface area contributed by atoms with Crippen molar-refractivity contribution in [2.75, 3.05) is 0 Å². The number of halogens is 2. The predicted octanol–water partition coefficient (Wildman–Crippen LogP) is 4.71. The molecule has 0 fully saturated rings. The van der Waals surface area contributed by atoms with E-state index in [2.05, 4.69) is 22.0 Å². The Morgan fingerprint density at radius 2 is 2.21 bits per heavy atom. The lowest BCUT2D eigenvalue weighted by molar-refractivity contribution is 0.280. The van der Waals surface area contributed by atoms with Gasteiger partial charge in [0, 0.05) is 10.9 Å². The van der Waals surface area contributed by atoms with E-state index in [4.69, 9.17) is 4.74 Å². The van der Waals surface area contributed by atoms with Gasteiger partial charge in [-0.1, -0.05) is 13.3 Å². The van der Waals surface area contributed by atoms with Gasteiger partial charge in [-0.15, -0.1) is 16.4 Å². The van der Waals surface area contributed by atoms with Crippen molar-refractivity contribution < 1.29 is 13.5 Å². The van der Waals surface area contributed by atoms with Gasteiger partial charge in [-0.3, -0.25) is 0 Å². The molecule has 28 heavy (non-hydrogen) atoms. The fourth-order valence-corrected chi connectivity index (χ4v) is 5.13. The molecule has 3 heterocycles. The second-order valence-electron chi connectivity index (χ2n) is 7.11. The minimum Gasteiger partial charge on any atom is -0.482 e. The molecule has 5 nitrogen and oxygen atoms in total. The van der Waals surface area contributed by atoms with Crippen LogP contribution in [0.2, 0.25) is 0 Å². The van der Waals surface area contributed by atoms with Gasteiger partial charge in [0.25, 0.3) is 0 Å². The summed E-state index contributed by atoms with van der Waals surface area (Å²) in [5.41, 5.74) is 2.10. The van der Waals surface area contributed by atoms with Gasteiger partial charge in [0.2, 0.25) is 0 Å². The maximum atomic E-state index is 13.8. The van der Waals surface area contributed by atoms with Crippen LogP contribution >= 0.6 is 11.3 Å². The molecule has 0 aliphatic heterocycles. The molecular formula is C20H18F2N4OS. The van der Waals surface area contributed by atoms with E-state index >= 15 is 0 Å². The van der Waals surface area contributed by atoms with Gasteiger partial charge >= 0.3 is 0 Å². The van der Waals surface area contributed by atoms with Gasteiger partial charge in [0.1, 0.15) is 23.6 Å². The average Bonchev–Trinajstić information content (AvgIpc) is 3.26. The van der Waals surface area contributed by atoms with Crippen LogP contribution in [0, 0.1) is 17.6 Å². The number of hydrogen-bond acceptors (Lipinski definition) is 5. The van der Waals surface area contributed by atoms with Gasteiger partial charge in [0.15, 0.2) is 23.0 Å². The Balaban J connectivity index is 1.49. The third kappa shape index (κ3) is 2.92. The van der Waals surface area contributed by atoms with Gasteiger partial charge in [-0.05, 0) is 42.9 Å². The first-order valence-corrected chi connectivity index (χ1v) is 10.2. The number of hydrogen-bond donors (Lipinski definition) is 0. The molecule has 0 saturated heterocycles. The zero-order valence-electron chi connectivity index (χ0n) is 15.3. The number of fused-ring (bicyclic) bond motifs is 5. The minimum atomic E-state index is -0.745. The minimum absolute atomic E-state index is 0.00401. The first kappa shape index (κ1) is 17.5. The van der Waals surface area contributed by atoms with Gasteiger partial charge in [0.05, 0.1) is 5.39 Å². The van der Waals surface area contributed by atoms with E-state index in [0.717, 1.165) is 46.8 Å². The molecule has 1 aliphatic rings. The molecule has 1 aromatic carbocycles. The molecule has 3 aromatic heterocycles. The van der Waals surface area contributed by atoms with Crippen LogP contribution < -0.4 is 4.74 Å². The van der Waals surface area contributed by atoms with E-state index < -0.39 is 11.6 Å². The molecule has 4 aromatic rings. The quantitative estimate of drug-likeness (QED) is 0.498. The summed E-state index contributed by atoms with van der Waals surface area (Å²) in [6, 6.07) is 3.21. The highest BCUT2D eigenvalue weighted by Gasteiger charge is 2.24. The van der Waals surface area contributed by atoms with Crippen LogP contribution in [0.4, 0.5) is 8.78 Å². The van der Waals surface area contributed by atoms with Crippen molar-refractivity contribution in [3.63, 3.8) is 0 Å². The summed E-state index contributed by atoms with van der Waals surface area (Å²) in [7, 11) is 0. The van der Waals surface area contributed by atoms with Crippen LogP contribution in [0.25, 0.3) is 15.9 Å². The van der Waals surface area contributed by atoms with Crippen molar-refractivity contribution >= 4 is 27.2 Å². The lowest BCUT2D eigenvalue weighted by Gasteiger charge is -2.20. The maximum Gasteiger partial charge on any atom is 0.189 e. The number of nitrogens with zero attached hydrogens (tertiary/aromatic N) is 4. The van der Waals surface area contributed by atoms with Crippen LogP contribution in [0.3, 0.4) is 0 Å². The number of aromatic nitrogens is 4. The lowest BCUT2D eigenvalue weighted by atomic mass is 9.86. The molecule has 1 unspecified atom stereocenters. The Hall–Kier alpha value is -2.61.